The molecule has 0 spiro atoms. The lowest BCUT2D eigenvalue weighted by Crippen LogP contribution is -2.26. The Balaban J connectivity index is 2.02. The second kappa shape index (κ2) is 9.15. The van der Waals surface area contributed by atoms with Gasteiger partial charge in [-0.1, -0.05) is 84.9 Å². The van der Waals surface area contributed by atoms with Crippen LogP contribution in [0.2, 0.25) is 0 Å². The van der Waals surface area contributed by atoms with Gasteiger partial charge in [0.05, 0.1) is 6.61 Å². The highest BCUT2D eigenvalue weighted by atomic mass is 16.5. The van der Waals surface area contributed by atoms with Gasteiger partial charge in [-0.05, 0) is 29.2 Å². The first-order chi connectivity index (χ1) is 13.2. The van der Waals surface area contributed by atoms with Gasteiger partial charge in [0, 0.05) is 12.3 Å². The highest BCUT2D eigenvalue weighted by Gasteiger charge is 2.23. The zero-order valence-corrected chi connectivity index (χ0v) is 15.4. The minimum atomic E-state index is -1.17. The zero-order chi connectivity index (χ0) is 19.1. The summed E-state index contributed by atoms with van der Waals surface area (Å²) in [4.78, 5) is 11.9. The summed E-state index contributed by atoms with van der Waals surface area (Å²) < 4.78 is 4.96. The maximum absolute atomic E-state index is 11.9. The molecule has 0 radical (unpaired) electrons. The van der Waals surface area contributed by atoms with Gasteiger partial charge in [-0.3, -0.25) is 0 Å². The van der Waals surface area contributed by atoms with Gasteiger partial charge in [0.15, 0.2) is 6.10 Å². The Bertz CT molecular complexity index is 820. The van der Waals surface area contributed by atoms with Gasteiger partial charge >= 0.3 is 5.97 Å². The normalized spacial score (nSPS) is 12.0. The van der Waals surface area contributed by atoms with E-state index in [9.17, 15) is 9.90 Å². The standard InChI is InChI=1S/C24H24O3/c1-2-27-24(26)22(25)17-20-15-9-10-16-21(20)23(18-11-5-3-6-12-18)19-13-7-4-8-14-19/h3-16,22-23,25H,2,17H2,1H3/t22-/m1/s1. The van der Waals surface area contributed by atoms with Crippen molar-refractivity contribution < 1.29 is 14.6 Å². The SMILES string of the molecule is CCOC(=O)[C@H](O)Cc1ccccc1C(c1ccccc1)c1ccccc1. The lowest BCUT2D eigenvalue weighted by Gasteiger charge is -2.22. The molecule has 1 N–H and O–H groups in total. The minimum absolute atomic E-state index is 0.0259. The Morgan fingerprint density at radius 3 is 1.93 bits per heavy atom. The first kappa shape index (κ1) is 18.9. The largest absolute Gasteiger partial charge is 0.464 e. The number of rotatable bonds is 7. The molecule has 0 aliphatic carbocycles. The number of aliphatic hydroxyl groups excluding tert-OH is 1. The molecule has 27 heavy (non-hydrogen) atoms. The van der Waals surface area contributed by atoms with Gasteiger partial charge in [-0.2, -0.15) is 0 Å². The monoisotopic (exact) mass is 360 g/mol. The Morgan fingerprint density at radius 1 is 0.852 bits per heavy atom. The molecule has 0 saturated carbocycles. The molecule has 3 aromatic carbocycles. The van der Waals surface area contributed by atoms with E-state index in [-0.39, 0.29) is 18.9 Å². The van der Waals surface area contributed by atoms with Crippen LogP contribution in [0.15, 0.2) is 84.9 Å². The summed E-state index contributed by atoms with van der Waals surface area (Å²) in [7, 11) is 0. The fourth-order valence-electron chi connectivity index (χ4n) is 3.37. The molecule has 0 saturated heterocycles. The Hall–Kier alpha value is -2.91. The number of aliphatic hydroxyl groups is 1. The number of carbonyl (C=O) groups is 1. The first-order valence-electron chi connectivity index (χ1n) is 9.23. The van der Waals surface area contributed by atoms with E-state index in [1.165, 1.54) is 11.1 Å². The van der Waals surface area contributed by atoms with E-state index < -0.39 is 12.1 Å². The Labute approximate surface area is 160 Å². The second-order valence-electron chi connectivity index (χ2n) is 6.43. The molecule has 0 aromatic heterocycles. The van der Waals surface area contributed by atoms with Gasteiger partial charge in [-0.15, -0.1) is 0 Å². The van der Waals surface area contributed by atoms with Crippen molar-refractivity contribution in [1.82, 2.24) is 0 Å². The number of esters is 1. The predicted octanol–water partition coefficient (Wildman–Crippen LogP) is 4.33. The molecule has 138 valence electrons. The fourth-order valence-corrected chi connectivity index (χ4v) is 3.37. The second-order valence-corrected chi connectivity index (χ2v) is 6.43. The average molecular weight is 360 g/mol. The number of hydrogen-bond donors (Lipinski definition) is 1. The summed E-state index contributed by atoms with van der Waals surface area (Å²) in [6.07, 6.45) is -0.941. The van der Waals surface area contributed by atoms with E-state index in [4.69, 9.17) is 4.74 Å². The van der Waals surface area contributed by atoms with E-state index in [1.54, 1.807) is 6.92 Å². The van der Waals surface area contributed by atoms with Gasteiger partial charge in [0.25, 0.3) is 0 Å². The van der Waals surface area contributed by atoms with Crippen LogP contribution in [0.4, 0.5) is 0 Å². The summed E-state index contributed by atoms with van der Waals surface area (Å²) in [6.45, 7) is 1.99. The van der Waals surface area contributed by atoms with Crippen LogP contribution in [0.25, 0.3) is 0 Å². The maximum atomic E-state index is 11.9. The number of carbonyl (C=O) groups excluding carboxylic acids is 1. The minimum Gasteiger partial charge on any atom is -0.464 e. The molecular weight excluding hydrogens is 336 g/mol. The van der Waals surface area contributed by atoms with Crippen LogP contribution in [0, 0.1) is 0 Å². The molecule has 0 unspecified atom stereocenters. The maximum Gasteiger partial charge on any atom is 0.335 e. The first-order valence-corrected chi connectivity index (χ1v) is 9.23. The molecule has 0 fully saturated rings. The van der Waals surface area contributed by atoms with Crippen molar-refractivity contribution >= 4 is 5.97 Å². The molecule has 0 heterocycles. The quantitative estimate of drug-likeness (QED) is 0.504. The fraction of sp³-hybridized carbons (Fsp3) is 0.208. The number of hydrogen-bond acceptors (Lipinski definition) is 3. The topological polar surface area (TPSA) is 46.5 Å². The molecule has 3 rings (SSSR count). The van der Waals surface area contributed by atoms with Gasteiger partial charge in [-0.25, -0.2) is 4.79 Å². The molecule has 3 aromatic rings. The van der Waals surface area contributed by atoms with Crippen LogP contribution >= 0.6 is 0 Å². The van der Waals surface area contributed by atoms with E-state index in [2.05, 4.69) is 30.3 Å². The van der Waals surface area contributed by atoms with Crippen LogP contribution in [-0.4, -0.2) is 23.8 Å². The third-order valence-corrected chi connectivity index (χ3v) is 4.60. The van der Waals surface area contributed by atoms with Crippen LogP contribution in [0.3, 0.4) is 0 Å². The zero-order valence-electron chi connectivity index (χ0n) is 15.4. The number of ether oxygens (including phenoxy) is 1. The third kappa shape index (κ3) is 4.63. The van der Waals surface area contributed by atoms with Gasteiger partial charge in [0.1, 0.15) is 0 Å². The molecule has 0 aliphatic rings. The van der Waals surface area contributed by atoms with Gasteiger partial charge < -0.3 is 9.84 Å². The molecule has 0 bridgehead atoms. The van der Waals surface area contributed by atoms with E-state index in [1.807, 2.05) is 54.6 Å². The highest BCUT2D eigenvalue weighted by Crippen LogP contribution is 2.34. The Kier molecular flexibility index (Phi) is 6.39. The van der Waals surface area contributed by atoms with Crippen LogP contribution in [0.5, 0.6) is 0 Å². The molecule has 0 aliphatic heterocycles. The van der Waals surface area contributed by atoms with Crippen molar-refractivity contribution in [1.29, 1.82) is 0 Å². The van der Waals surface area contributed by atoms with E-state index >= 15 is 0 Å². The van der Waals surface area contributed by atoms with Crippen molar-refractivity contribution in [3.63, 3.8) is 0 Å². The lowest BCUT2D eigenvalue weighted by atomic mass is 9.82. The van der Waals surface area contributed by atoms with Crippen molar-refractivity contribution in [3.05, 3.63) is 107 Å². The average Bonchev–Trinajstić information content (AvgIpc) is 2.71. The molecule has 1 atom stereocenters. The highest BCUT2D eigenvalue weighted by molar-refractivity contribution is 5.74. The number of benzene rings is 3. The van der Waals surface area contributed by atoms with Gasteiger partial charge in [0.2, 0.25) is 0 Å². The van der Waals surface area contributed by atoms with Crippen molar-refractivity contribution in [3.8, 4) is 0 Å². The van der Waals surface area contributed by atoms with E-state index in [0.717, 1.165) is 11.1 Å². The summed E-state index contributed by atoms with van der Waals surface area (Å²) in [5, 5.41) is 10.3. The third-order valence-electron chi connectivity index (χ3n) is 4.60. The van der Waals surface area contributed by atoms with Crippen molar-refractivity contribution in [2.45, 2.75) is 25.4 Å². The van der Waals surface area contributed by atoms with E-state index in [0.29, 0.717) is 0 Å². The van der Waals surface area contributed by atoms with Crippen LogP contribution in [-0.2, 0) is 16.0 Å². The van der Waals surface area contributed by atoms with Crippen molar-refractivity contribution in [2.75, 3.05) is 6.61 Å². The molecule has 3 nitrogen and oxygen atoms in total. The van der Waals surface area contributed by atoms with Crippen LogP contribution < -0.4 is 0 Å². The Morgan fingerprint density at radius 2 is 1.37 bits per heavy atom. The summed E-state index contributed by atoms with van der Waals surface area (Å²) in [5.74, 6) is -0.554. The summed E-state index contributed by atoms with van der Waals surface area (Å²) in [5.41, 5.74) is 4.36. The molecule has 3 heteroatoms. The molecule has 0 amide bonds. The predicted molar refractivity (Wildman–Crippen MR) is 107 cm³/mol. The summed E-state index contributed by atoms with van der Waals surface area (Å²) in [6, 6.07) is 28.5. The molecular formula is C24H24O3. The smallest absolute Gasteiger partial charge is 0.335 e. The lowest BCUT2D eigenvalue weighted by molar-refractivity contribution is -0.152. The van der Waals surface area contributed by atoms with Crippen molar-refractivity contribution in [2.24, 2.45) is 0 Å². The summed E-state index contributed by atoms with van der Waals surface area (Å²) >= 11 is 0. The van der Waals surface area contributed by atoms with Crippen LogP contribution in [0.1, 0.15) is 35.1 Å².